The quantitative estimate of drug-likeness (QED) is 0.339. The summed E-state index contributed by atoms with van der Waals surface area (Å²) < 4.78 is 5.54. The summed E-state index contributed by atoms with van der Waals surface area (Å²) in [4.78, 5) is 40.8. The number of carbonyl (C=O) groups excluding carboxylic acids is 3. The molecule has 4 atom stereocenters. The smallest absolute Gasteiger partial charge is 0.255 e. The van der Waals surface area contributed by atoms with Crippen molar-refractivity contribution in [1.82, 2.24) is 4.90 Å². The van der Waals surface area contributed by atoms with Crippen LogP contribution >= 0.6 is 0 Å². The molecule has 210 valence electrons. The number of ether oxygens (including phenoxy) is 1. The summed E-state index contributed by atoms with van der Waals surface area (Å²) in [6.07, 6.45) is 0.249. The molecule has 1 amide bonds. The van der Waals surface area contributed by atoms with Crippen molar-refractivity contribution < 1.29 is 39.5 Å². The van der Waals surface area contributed by atoms with E-state index in [2.05, 4.69) is 0 Å². The molecule has 1 saturated carbocycles. The molecule has 6 N–H and O–H groups in total. The highest BCUT2D eigenvalue weighted by atomic mass is 16.5. The Kier molecular flexibility index (Phi) is 6.81. The number of carbonyl (C=O) groups is 3. The van der Waals surface area contributed by atoms with E-state index in [1.165, 1.54) is 11.0 Å². The van der Waals surface area contributed by atoms with Crippen molar-refractivity contribution >= 4 is 23.2 Å². The number of hydrogen-bond acceptors (Lipinski definition) is 9. The normalized spacial score (nSPS) is 26.1. The van der Waals surface area contributed by atoms with Gasteiger partial charge in [0.15, 0.2) is 11.4 Å². The lowest BCUT2D eigenvalue weighted by Gasteiger charge is -2.50. The number of aliphatic hydroxyl groups is 3. The molecule has 10 heteroatoms. The first kappa shape index (κ1) is 27.6. The predicted octanol–water partition coefficient (Wildman–Crippen LogP) is 2.17. The highest BCUT2D eigenvalue weighted by Gasteiger charge is 2.64. The Balaban J connectivity index is 1.69. The van der Waals surface area contributed by atoms with Gasteiger partial charge in [0.25, 0.3) is 5.91 Å². The number of amides is 1. The molecule has 1 fully saturated rings. The van der Waals surface area contributed by atoms with Crippen molar-refractivity contribution in [2.24, 2.45) is 17.6 Å². The predicted molar refractivity (Wildman–Crippen MR) is 145 cm³/mol. The van der Waals surface area contributed by atoms with Crippen LogP contribution in [0.2, 0.25) is 0 Å². The first-order valence-electron chi connectivity index (χ1n) is 13.1. The fraction of sp³-hybridized carbons (Fsp3) is 0.367. The number of aromatic hydroxyl groups is 1. The maximum atomic E-state index is 14.0. The summed E-state index contributed by atoms with van der Waals surface area (Å²) >= 11 is 0. The van der Waals surface area contributed by atoms with Crippen molar-refractivity contribution in [3.05, 3.63) is 70.0 Å². The first-order chi connectivity index (χ1) is 18.9. The Bertz CT molecular complexity index is 1510. The largest absolute Gasteiger partial charge is 0.508 e. The summed E-state index contributed by atoms with van der Waals surface area (Å²) in [5, 5.41) is 44.9. The van der Waals surface area contributed by atoms with Gasteiger partial charge in [-0.2, -0.15) is 0 Å². The molecule has 2 aromatic carbocycles. The Labute approximate surface area is 231 Å². The lowest BCUT2D eigenvalue weighted by atomic mass is 9.57. The van der Waals surface area contributed by atoms with Crippen molar-refractivity contribution in [2.75, 3.05) is 20.7 Å². The van der Waals surface area contributed by atoms with Crippen LogP contribution in [0.1, 0.15) is 30.0 Å². The molecule has 0 aliphatic heterocycles. The van der Waals surface area contributed by atoms with Crippen molar-refractivity contribution in [3.8, 4) is 16.9 Å². The van der Waals surface area contributed by atoms with Crippen molar-refractivity contribution in [1.29, 1.82) is 0 Å². The fourth-order valence-corrected chi connectivity index (χ4v) is 6.56. The van der Waals surface area contributed by atoms with Gasteiger partial charge in [0, 0.05) is 18.1 Å². The summed E-state index contributed by atoms with van der Waals surface area (Å²) in [5.41, 5.74) is 4.88. The van der Waals surface area contributed by atoms with Crippen molar-refractivity contribution in [2.45, 2.75) is 38.0 Å². The SMILES string of the molecule is CCOCc1cccc(-c2ccc(O)c3c2C[C@H]2C[C@H]4[C@H](N(C)C)C(=O)C(C(N)=O)=C(O)[C@@]4(O)C(=O)C2=C3O)c1. The van der Waals surface area contributed by atoms with E-state index < -0.39 is 58.0 Å². The zero-order chi connectivity index (χ0) is 29.1. The molecule has 5 rings (SSSR count). The number of nitrogens with zero attached hydrogens (tertiary/aromatic N) is 1. The van der Waals surface area contributed by atoms with E-state index >= 15 is 0 Å². The topological polar surface area (TPSA) is 171 Å². The van der Waals surface area contributed by atoms with E-state index in [-0.39, 0.29) is 29.7 Å². The molecule has 0 heterocycles. The third kappa shape index (κ3) is 3.94. The number of likely N-dealkylation sites (N-methyl/N-ethyl adjacent to an activating group) is 1. The van der Waals surface area contributed by atoms with Gasteiger partial charge in [-0.05, 0) is 74.2 Å². The molecular formula is C30H32N2O8. The van der Waals surface area contributed by atoms with Gasteiger partial charge < -0.3 is 30.9 Å². The molecule has 0 saturated heterocycles. The number of hydrogen-bond donors (Lipinski definition) is 5. The summed E-state index contributed by atoms with van der Waals surface area (Å²) in [6, 6.07) is 9.72. The molecule has 40 heavy (non-hydrogen) atoms. The Hall–Kier alpha value is -3.99. The van der Waals surface area contributed by atoms with E-state index in [4.69, 9.17) is 10.5 Å². The molecule has 0 radical (unpaired) electrons. The second-order valence-electron chi connectivity index (χ2n) is 10.8. The van der Waals surface area contributed by atoms with Gasteiger partial charge in [0.05, 0.1) is 18.2 Å². The van der Waals surface area contributed by atoms with Gasteiger partial charge in [-0.25, -0.2) is 0 Å². The zero-order valence-corrected chi connectivity index (χ0v) is 22.5. The van der Waals surface area contributed by atoms with Crippen LogP contribution in [0.25, 0.3) is 16.9 Å². The van der Waals surface area contributed by atoms with Gasteiger partial charge in [0.1, 0.15) is 22.8 Å². The van der Waals surface area contributed by atoms with E-state index in [0.717, 1.165) is 16.7 Å². The highest BCUT2D eigenvalue weighted by Crippen LogP contribution is 2.53. The molecule has 0 aromatic heterocycles. The van der Waals surface area contributed by atoms with Gasteiger partial charge in [0.2, 0.25) is 5.78 Å². The van der Waals surface area contributed by atoms with Gasteiger partial charge in [-0.15, -0.1) is 0 Å². The molecule has 3 aliphatic carbocycles. The summed E-state index contributed by atoms with van der Waals surface area (Å²) in [6.45, 7) is 2.89. The number of nitrogens with two attached hydrogens (primary N) is 1. The standard InChI is InChI=1S/C30H32N2O8/c1-4-40-13-14-6-5-7-15(10-14)17-8-9-20(33)22-18(17)11-16-12-19-24(32(2)3)26(35)23(29(31)38)28(37)30(19,39)27(36)21(16)25(22)34/h5-10,16,19,24,33-34,37,39H,4,11-13H2,1-3H3,(H2,31,38)/t16-,19-,24-,30-/m0/s1. The number of primary amides is 1. The minimum absolute atomic E-state index is 0.0330. The molecule has 0 bridgehead atoms. The molecular weight excluding hydrogens is 516 g/mol. The highest BCUT2D eigenvalue weighted by molar-refractivity contribution is 6.24. The van der Waals surface area contributed by atoms with E-state index in [0.29, 0.717) is 18.8 Å². The number of phenolic OH excluding ortho intramolecular Hbond substituents is 1. The van der Waals surface area contributed by atoms with Gasteiger partial charge in [-0.3, -0.25) is 19.3 Å². The van der Waals surface area contributed by atoms with Crippen LogP contribution in [-0.4, -0.2) is 75.1 Å². The maximum Gasteiger partial charge on any atom is 0.255 e. The van der Waals surface area contributed by atoms with Crippen LogP contribution in [0.3, 0.4) is 0 Å². The van der Waals surface area contributed by atoms with Gasteiger partial charge >= 0.3 is 0 Å². The van der Waals surface area contributed by atoms with Crippen LogP contribution in [0.4, 0.5) is 0 Å². The van der Waals surface area contributed by atoms with Crippen LogP contribution in [0.5, 0.6) is 5.75 Å². The fourth-order valence-electron chi connectivity index (χ4n) is 6.56. The minimum Gasteiger partial charge on any atom is -0.508 e. The number of phenols is 1. The second kappa shape index (κ2) is 9.88. The second-order valence-corrected chi connectivity index (χ2v) is 10.8. The number of rotatable bonds is 6. The van der Waals surface area contributed by atoms with E-state index in [1.807, 2.05) is 31.2 Å². The molecule has 10 nitrogen and oxygen atoms in total. The average Bonchev–Trinajstić information content (AvgIpc) is 2.89. The van der Waals surface area contributed by atoms with Crippen LogP contribution in [0.15, 0.2) is 53.3 Å². The van der Waals surface area contributed by atoms with Crippen LogP contribution in [-0.2, 0) is 32.1 Å². The molecule has 3 aliphatic rings. The number of ketones is 2. The van der Waals surface area contributed by atoms with Crippen molar-refractivity contribution in [3.63, 3.8) is 0 Å². The average molecular weight is 549 g/mol. The number of Topliss-reactive ketones (excluding diaryl/α,β-unsaturated/α-hetero) is 2. The van der Waals surface area contributed by atoms with Gasteiger partial charge in [-0.1, -0.05) is 24.3 Å². The van der Waals surface area contributed by atoms with Crippen LogP contribution in [0, 0.1) is 11.8 Å². The minimum atomic E-state index is -2.66. The molecule has 2 aromatic rings. The molecule has 0 spiro atoms. The monoisotopic (exact) mass is 548 g/mol. The lowest BCUT2D eigenvalue weighted by Crippen LogP contribution is -2.65. The van der Waals surface area contributed by atoms with E-state index in [9.17, 15) is 34.8 Å². The lowest BCUT2D eigenvalue weighted by molar-refractivity contribution is -0.153. The zero-order valence-electron chi connectivity index (χ0n) is 22.5. The maximum absolute atomic E-state index is 14.0. The Morgan fingerprint density at radius 1 is 1.15 bits per heavy atom. The summed E-state index contributed by atoms with van der Waals surface area (Å²) in [5.74, 6) is -6.72. The third-order valence-corrected chi connectivity index (χ3v) is 8.32. The molecule has 0 unspecified atom stereocenters. The van der Waals surface area contributed by atoms with E-state index in [1.54, 1.807) is 20.2 Å². The third-order valence-electron chi connectivity index (χ3n) is 8.32. The number of aliphatic hydroxyl groups excluding tert-OH is 2. The van der Waals surface area contributed by atoms with Crippen LogP contribution < -0.4 is 5.73 Å². The Morgan fingerprint density at radius 2 is 1.88 bits per heavy atom. The number of fused-ring (bicyclic) bond motifs is 3. The first-order valence-corrected chi connectivity index (χ1v) is 13.1. The number of benzene rings is 2. The summed E-state index contributed by atoms with van der Waals surface area (Å²) in [7, 11) is 3.14. The Morgan fingerprint density at radius 3 is 2.52 bits per heavy atom.